The maximum atomic E-state index is 11.6. The fraction of sp³-hybridized carbons (Fsp3) is 0.500. The van der Waals surface area contributed by atoms with Crippen molar-refractivity contribution < 1.29 is 14.7 Å². The van der Waals surface area contributed by atoms with Crippen molar-refractivity contribution in [2.45, 2.75) is 32.7 Å². The molecule has 0 fully saturated rings. The first-order valence-corrected chi connectivity index (χ1v) is 6.41. The molecule has 1 rings (SSSR count). The van der Waals surface area contributed by atoms with Gasteiger partial charge >= 0.3 is 5.97 Å². The number of nitrogens with one attached hydrogen (secondary N) is 1. The molecule has 0 aromatic carbocycles. The topological polar surface area (TPSA) is 66.4 Å². The van der Waals surface area contributed by atoms with Crippen LogP contribution < -0.4 is 5.32 Å². The fourth-order valence-electron chi connectivity index (χ4n) is 1.60. The molecule has 4 nitrogen and oxygen atoms in total. The molecule has 1 aromatic heterocycles. The highest BCUT2D eigenvalue weighted by Crippen LogP contribution is 2.18. The quantitative estimate of drug-likeness (QED) is 0.820. The SMILES string of the molecule is CC(CC(=O)O)CC(=O)N[C@@H](C)c1cccs1. The predicted molar refractivity (Wildman–Crippen MR) is 66.9 cm³/mol. The molecular weight excluding hydrogens is 238 g/mol. The first-order chi connectivity index (χ1) is 7.99. The summed E-state index contributed by atoms with van der Waals surface area (Å²) in [5.41, 5.74) is 0. The summed E-state index contributed by atoms with van der Waals surface area (Å²) in [6.07, 6.45) is 0.281. The zero-order chi connectivity index (χ0) is 12.8. The van der Waals surface area contributed by atoms with Gasteiger partial charge in [0.25, 0.3) is 0 Å². The number of aliphatic carboxylic acids is 1. The molecule has 2 atom stereocenters. The Morgan fingerprint density at radius 2 is 2.12 bits per heavy atom. The standard InChI is InChI=1S/C12H17NO3S/c1-8(7-12(15)16)6-11(14)13-9(2)10-4-3-5-17-10/h3-5,8-9H,6-7H2,1-2H3,(H,13,14)(H,15,16)/t8?,9-/m0/s1. The van der Waals surface area contributed by atoms with Crippen LogP contribution in [0.4, 0.5) is 0 Å². The van der Waals surface area contributed by atoms with Crippen LogP contribution in [0.5, 0.6) is 0 Å². The number of thiophene rings is 1. The Morgan fingerprint density at radius 3 is 2.65 bits per heavy atom. The molecular formula is C12H17NO3S. The van der Waals surface area contributed by atoms with Gasteiger partial charge in [-0.05, 0) is 24.3 Å². The van der Waals surface area contributed by atoms with E-state index in [0.29, 0.717) is 0 Å². The fourth-order valence-corrected chi connectivity index (χ4v) is 2.33. The summed E-state index contributed by atoms with van der Waals surface area (Å²) in [5.74, 6) is -1.10. The average Bonchev–Trinajstić information content (AvgIpc) is 2.67. The van der Waals surface area contributed by atoms with Crippen molar-refractivity contribution in [3.05, 3.63) is 22.4 Å². The molecule has 0 aliphatic carbocycles. The maximum absolute atomic E-state index is 11.6. The Balaban J connectivity index is 2.37. The minimum Gasteiger partial charge on any atom is -0.481 e. The molecule has 0 aliphatic heterocycles. The molecule has 0 spiro atoms. The number of amides is 1. The molecule has 1 amide bonds. The Kier molecular flexibility index (Phi) is 5.15. The van der Waals surface area contributed by atoms with Crippen LogP contribution in [0.15, 0.2) is 17.5 Å². The summed E-state index contributed by atoms with van der Waals surface area (Å²) in [4.78, 5) is 23.2. The lowest BCUT2D eigenvalue weighted by Crippen LogP contribution is -2.27. The second kappa shape index (κ2) is 6.39. The zero-order valence-electron chi connectivity index (χ0n) is 9.97. The van der Waals surface area contributed by atoms with Gasteiger partial charge in [0.1, 0.15) is 0 Å². The van der Waals surface area contributed by atoms with E-state index in [2.05, 4.69) is 5.32 Å². The second-order valence-corrected chi connectivity index (χ2v) is 5.19. The van der Waals surface area contributed by atoms with Crippen molar-refractivity contribution >= 4 is 23.2 Å². The molecule has 5 heteroatoms. The van der Waals surface area contributed by atoms with E-state index < -0.39 is 5.97 Å². The van der Waals surface area contributed by atoms with Crippen LogP contribution in [0.2, 0.25) is 0 Å². The molecule has 1 unspecified atom stereocenters. The largest absolute Gasteiger partial charge is 0.481 e. The van der Waals surface area contributed by atoms with Crippen molar-refractivity contribution in [2.75, 3.05) is 0 Å². The van der Waals surface area contributed by atoms with Gasteiger partial charge in [-0.3, -0.25) is 9.59 Å². The van der Waals surface area contributed by atoms with Crippen molar-refractivity contribution in [2.24, 2.45) is 5.92 Å². The molecule has 1 aromatic rings. The van der Waals surface area contributed by atoms with Crippen LogP contribution in [-0.4, -0.2) is 17.0 Å². The van der Waals surface area contributed by atoms with Gasteiger partial charge in [0.2, 0.25) is 5.91 Å². The summed E-state index contributed by atoms with van der Waals surface area (Å²) in [6, 6.07) is 3.89. The highest BCUT2D eigenvalue weighted by atomic mass is 32.1. The van der Waals surface area contributed by atoms with E-state index >= 15 is 0 Å². The molecule has 17 heavy (non-hydrogen) atoms. The number of carbonyl (C=O) groups is 2. The van der Waals surface area contributed by atoms with Crippen molar-refractivity contribution in [3.8, 4) is 0 Å². The summed E-state index contributed by atoms with van der Waals surface area (Å²) in [6.45, 7) is 3.69. The van der Waals surface area contributed by atoms with Gasteiger partial charge in [-0.25, -0.2) is 0 Å². The molecule has 0 radical (unpaired) electrons. The third-order valence-corrected chi connectivity index (χ3v) is 3.46. The number of hydrogen-bond donors (Lipinski definition) is 2. The highest BCUT2D eigenvalue weighted by molar-refractivity contribution is 7.10. The Morgan fingerprint density at radius 1 is 1.41 bits per heavy atom. The average molecular weight is 255 g/mol. The molecule has 0 bridgehead atoms. The molecule has 0 saturated heterocycles. The van der Waals surface area contributed by atoms with E-state index in [1.807, 2.05) is 24.4 Å². The maximum Gasteiger partial charge on any atom is 0.303 e. The number of hydrogen-bond acceptors (Lipinski definition) is 3. The second-order valence-electron chi connectivity index (χ2n) is 4.21. The van der Waals surface area contributed by atoms with Gasteiger partial charge in [0.05, 0.1) is 6.04 Å². The molecule has 2 N–H and O–H groups in total. The Labute approximate surface area is 105 Å². The summed E-state index contributed by atoms with van der Waals surface area (Å²) in [5, 5.41) is 13.4. The van der Waals surface area contributed by atoms with Crippen LogP contribution in [0.25, 0.3) is 0 Å². The number of rotatable bonds is 6. The number of carbonyl (C=O) groups excluding carboxylic acids is 1. The summed E-state index contributed by atoms with van der Waals surface area (Å²) in [7, 11) is 0. The Bertz CT molecular complexity index is 375. The number of carboxylic acid groups (broad SMARTS) is 1. The summed E-state index contributed by atoms with van der Waals surface area (Å²) < 4.78 is 0. The lowest BCUT2D eigenvalue weighted by atomic mass is 10.0. The van der Waals surface area contributed by atoms with Gasteiger partial charge < -0.3 is 10.4 Å². The van der Waals surface area contributed by atoms with Crippen molar-refractivity contribution in [1.82, 2.24) is 5.32 Å². The predicted octanol–water partition coefficient (Wildman–Crippen LogP) is 2.43. The zero-order valence-corrected chi connectivity index (χ0v) is 10.8. The molecule has 94 valence electrons. The first-order valence-electron chi connectivity index (χ1n) is 5.53. The van der Waals surface area contributed by atoms with Gasteiger partial charge in [-0.2, -0.15) is 0 Å². The van der Waals surface area contributed by atoms with E-state index in [-0.39, 0.29) is 30.7 Å². The lowest BCUT2D eigenvalue weighted by Gasteiger charge is -2.14. The molecule has 0 saturated carbocycles. The van der Waals surface area contributed by atoms with E-state index in [0.717, 1.165) is 4.88 Å². The third-order valence-electron chi connectivity index (χ3n) is 2.40. The van der Waals surface area contributed by atoms with Crippen molar-refractivity contribution in [1.29, 1.82) is 0 Å². The number of carboxylic acids is 1. The van der Waals surface area contributed by atoms with Crippen LogP contribution in [0, 0.1) is 5.92 Å². The monoisotopic (exact) mass is 255 g/mol. The van der Waals surface area contributed by atoms with E-state index in [1.165, 1.54) is 0 Å². The van der Waals surface area contributed by atoms with Crippen LogP contribution in [0.1, 0.15) is 37.6 Å². The summed E-state index contributed by atoms with van der Waals surface area (Å²) >= 11 is 1.59. The van der Waals surface area contributed by atoms with E-state index in [4.69, 9.17) is 5.11 Å². The van der Waals surface area contributed by atoms with Crippen LogP contribution in [0.3, 0.4) is 0 Å². The normalized spacial score (nSPS) is 14.0. The van der Waals surface area contributed by atoms with Gasteiger partial charge in [-0.15, -0.1) is 11.3 Å². The van der Waals surface area contributed by atoms with Gasteiger partial charge in [0, 0.05) is 17.7 Å². The first kappa shape index (κ1) is 13.7. The van der Waals surface area contributed by atoms with Gasteiger partial charge in [-0.1, -0.05) is 13.0 Å². The smallest absolute Gasteiger partial charge is 0.303 e. The Hall–Kier alpha value is -1.36. The van der Waals surface area contributed by atoms with Crippen molar-refractivity contribution in [3.63, 3.8) is 0 Å². The lowest BCUT2D eigenvalue weighted by molar-refractivity contribution is -0.138. The minimum absolute atomic E-state index is 0.0143. The minimum atomic E-state index is -0.864. The van der Waals surface area contributed by atoms with Gasteiger partial charge in [0.15, 0.2) is 0 Å². The molecule has 1 heterocycles. The van der Waals surface area contributed by atoms with Crippen LogP contribution in [-0.2, 0) is 9.59 Å². The van der Waals surface area contributed by atoms with E-state index in [1.54, 1.807) is 18.3 Å². The third kappa shape index (κ3) is 4.99. The van der Waals surface area contributed by atoms with E-state index in [9.17, 15) is 9.59 Å². The highest BCUT2D eigenvalue weighted by Gasteiger charge is 2.15. The van der Waals surface area contributed by atoms with Crippen LogP contribution >= 0.6 is 11.3 Å². The molecule has 0 aliphatic rings.